The van der Waals surface area contributed by atoms with Crippen LogP contribution < -0.4 is 21.7 Å². The van der Waals surface area contributed by atoms with Crippen molar-refractivity contribution in [2.45, 2.75) is 70.7 Å². The zero-order valence-electron chi connectivity index (χ0n) is 39.7. The first-order chi connectivity index (χ1) is 33.1. The molecule has 0 aliphatic carbocycles. The molecule has 1 aromatic heterocycles. The van der Waals surface area contributed by atoms with Gasteiger partial charge < -0.3 is 40.5 Å². The zero-order valence-corrected chi connectivity index (χ0v) is 40.5. The summed E-state index contributed by atoms with van der Waals surface area (Å²) in [4.78, 5) is 80.8. The van der Waals surface area contributed by atoms with Gasteiger partial charge in [-0.2, -0.15) is 0 Å². The molecule has 1 fully saturated rings. The lowest BCUT2D eigenvalue weighted by atomic mass is 9.85. The average molecular weight is 981 g/mol. The van der Waals surface area contributed by atoms with Gasteiger partial charge in [0.25, 0.3) is 11.8 Å². The monoisotopic (exact) mass is 980 g/mol. The van der Waals surface area contributed by atoms with E-state index in [0.717, 1.165) is 33.6 Å². The van der Waals surface area contributed by atoms with Crippen molar-refractivity contribution in [3.8, 4) is 11.3 Å². The number of nitrogens with zero attached hydrogens (tertiary/aromatic N) is 4. The van der Waals surface area contributed by atoms with E-state index >= 15 is 0 Å². The van der Waals surface area contributed by atoms with E-state index in [1.165, 1.54) is 23.9 Å². The molecule has 20 heteroatoms. The van der Waals surface area contributed by atoms with Crippen LogP contribution in [0, 0.1) is 23.0 Å². The number of aromatic nitrogens is 2. The van der Waals surface area contributed by atoms with Crippen molar-refractivity contribution in [2.75, 3.05) is 84.7 Å². The number of halogens is 2. The highest BCUT2D eigenvalue weighted by Crippen LogP contribution is 2.35. The molecule has 5 N–H and O–H groups in total. The van der Waals surface area contributed by atoms with E-state index in [4.69, 9.17) is 24.9 Å². The van der Waals surface area contributed by atoms with Crippen molar-refractivity contribution in [1.82, 2.24) is 35.3 Å². The van der Waals surface area contributed by atoms with Crippen LogP contribution in [-0.4, -0.2) is 145 Å². The summed E-state index contributed by atoms with van der Waals surface area (Å²) >= 11 is 1.38. The standard InChI is InChI=1S/C49H66F2N8O9S/c1-49(2,3)46(47-56-39(37-27-36(50)11-12-38(37)51)32-57(47)31-34-9-5-4-6-10-34)55-30-35(29-52)33-69-40-28-45(64)59(48(40)65)20-16-42(61)54-18-8-22-67-24-26-68-25-23-66-21-7-17-53-41(60)15-19-58-43(62)13-14-44(58)63/h4-6,9-14,27,32,35,40,46,55H,7-8,15-26,28-31,33,52H2,1-3H3,(H,53,60)(H,54,61)/t35?,40?,46-/m0/s1. The van der Waals surface area contributed by atoms with Crippen LogP contribution in [0.5, 0.6) is 0 Å². The van der Waals surface area contributed by atoms with E-state index in [1.807, 2.05) is 34.9 Å². The Morgan fingerprint density at radius 1 is 0.841 bits per heavy atom. The van der Waals surface area contributed by atoms with Crippen molar-refractivity contribution in [3.63, 3.8) is 0 Å². The number of amides is 6. The lowest BCUT2D eigenvalue weighted by Crippen LogP contribution is -2.40. The lowest BCUT2D eigenvalue weighted by molar-refractivity contribution is -0.140. The summed E-state index contributed by atoms with van der Waals surface area (Å²) in [6.07, 6.45) is 5.36. The minimum atomic E-state index is -0.582. The summed E-state index contributed by atoms with van der Waals surface area (Å²) in [7, 11) is 0. The van der Waals surface area contributed by atoms with Crippen molar-refractivity contribution in [2.24, 2.45) is 17.1 Å². The lowest BCUT2D eigenvalue weighted by Gasteiger charge is -2.33. The van der Waals surface area contributed by atoms with E-state index < -0.39 is 28.7 Å². The Morgan fingerprint density at radius 2 is 1.43 bits per heavy atom. The summed E-state index contributed by atoms with van der Waals surface area (Å²) < 4.78 is 47.8. The smallest absolute Gasteiger partial charge is 0.253 e. The number of imidazole rings is 1. The topological polar surface area (TPSA) is 217 Å². The molecule has 1 saturated heterocycles. The number of hydrogen-bond acceptors (Lipinski definition) is 13. The Balaban J connectivity index is 0.933. The Labute approximate surface area is 406 Å². The fourth-order valence-corrected chi connectivity index (χ4v) is 8.83. The van der Waals surface area contributed by atoms with Crippen LogP contribution in [0.4, 0.5) is 8.78 Å². The molecule has 2 aliphatic rings. The Bertz CT molecular complexity index is 2210. The zero-order chi connectivity index (χ0) is 49.8. The highest BCUT2D eigenvalue weighted by molar-refractivity contribution is 8.00. The first-order valence-electron chi connectivity index (χ1n) is 23.4. The first-order valence-corrected chi connectivity index (χ1v) is 24.4. The fraction of sp³-hybridized carbons (Fsp3) is 0.531. The highest BCUT2D eigenvalue weighted by atomic mass is 32.2. The van der Waals surface area contributed by atoms with Gasteiger partial charge in [-0.25, -0.2) is 13.8 Å². The number of imide groups is 2. The minimum Gasteiger partial charge on any atom is -0.379 e. The number of nitrogens with one attached hydrogen (secondary N) is 3. The van der Waals surface area contributed by atoms with Crippen LogP contribution in [0.3, 0.4) is 0 Å². The molecule has 0 spiro atoms. The van der Waals surface area contributed by atoms with Gasteiger partial charge in [0.1, 0.15) is 17.5 Å². The molecule has 376 valence electrons. The molecule has 3 atom stereocenters. The number of hydrogen-bond donors (Lipinski definition) is 4. The largest absolute Gasteiger partial charge is 0.379 e. The molecule has 17 nitrogen and oxygen atoms in total. The summed E-state index contributed by atoms with van der Waals surface area (Å²) in [5.74, 6) is -2.04. The molecule has 5 rings (SSSR count). The van der Waals surface area contributed by atoms with Crippen LogP contribution in [0.15, 0.2) is 66.9 Å². The second-order valence-corrected chi connectivity index (χ2v) is 19.1. The van der Waals surface area contributed by atoms with Crippen LogP contribution in [-0.2, 0) is 49.5 Å². The molecule has 2 aliphatic heterocycles. The predicted octanol–water partition coefficient (Wildman–Crippen LogP) is 3.76. The number of likely N-dealkylation sites (tertiary alicyclic amines) is 1. The molecule has 3 aromatic rings. The van der Waals surface area contributed by atoms with E-state index in [9.17, 15) is 37.5 Å². The second-order valence-electron chi connectivity index (χ2n) is 17.8. The number of thioether (sulfide) groups is 1. The number of benzene rings is 2. The highest BCUT2D eigenvalue weighted by Gasteiger charge is 2.39. The van der Waals surface area contributed by atoms with E-state index in [1.54, 1.807) is 6.20 Å². The molecular formula is C49H66F2N8O9S. The maximum atomic E-state index is 15.0. The maximum absolute atomic E-state index is 15.0. The van der Waals surface area contributed by atoms with Gasteiger partial charge in [-0.05, 0) is 60.2 Å². The van der Waals surface area contributed by atoms with Crippen molar-refractivity contribution < 1.29 is 51.8 Å². The number of ether oxygens (including phenoxy) is 3. The summed E-state index contributed by atoms with van der Waals surface area (Å²) in [5.41, 5.74) is 7.28. The van der Waals surface area contributed by atoms with Gasteiger partial charge in [-0.3, -0.25) is 38.6 Å². The third-order valence-electron chi connectivity index (χ3n) is 11.4. The first kappa shape index (κ1) is 54.6. The summed E-state index contributed by atoms with van der Waals surface area (Å²) in [5, 5.41) is 8.60. The third-order valence-corrected chi connectivity index (χ3v) is 12.8. The number of nitrogens with two attached hydrogens (primary N) is 1. The van der Waals surface area contributed by atoms with Gasteiger partial charge in [0.15, 0.2) is 0 Å². The predicted molar refractivity (Wildman–Crippen MR) is 256 cm³/mol. The fourth-order valence-electron chi connectivity index (χ4n) is 7.54. The SMILES string of the molecule is CC(C)(C)[C@@H](NCC(CN)CSC1CC(=O)N(CCC(=O)NCCCOCCOCCOCCCNC(=O)CCN2C(=O)C=CC2=O)C1=O)c1nc(-c2cc(F)ccc2F)cn1Cc1ccccc1. The molecule has 0 saturated carbocycles. The average Bonchev–Trinajstić information content (AvgIpc) is 3.96. The molecule has 2 unspecified atom stereocenters. The van der Waals surface area contributed by atoms with E-state index in [0.29, 0.717) is 102 Å². The van der Waals surface area contributed by atoms with Gasteiger partial charge in [0, 0.05) is 95.7 Å². The molecule has 6 amide bonds. The van der Waals surface area contributed by atoms with Gasteiger partial charge in [-0.1, -0.05) is 51.1 Å². The molecule has 2 aromatic carbocycles. The van der Waals surface area contributed by atoms with Crippen molar-refractivity contribution in [3.05, 3.63) is 89.9 Å². The third kappa shape index (κ3) is 17.5. The quantitative estimate of drug-likeness (QED) is 0.0535. The van der Waals surface area contributed by atoms with Crippen LogP contribution in [0.1, 0.15) is 70.3 Å². The minimum absolute atomic E-state index is 0.00766. The maximum Gasteiger partial charge on any atom is 0.253 e. The normalized spacial score (nSPS) is 15.9. The second kappa shape index (κ2) is 27.7. The number of carbonyl (C=O) groups excluding carboxylic acids is 6. The van der Waals surface area contributed by atoms with Gasteiger partial charge in [0.05, 0.1) is 43.4 Å². The Kier molecular flexibility index (Phi) is 21.9. The molecule has 0 bridgehead atoms. The van der Waals surface area contributed by atoms with Gasteiger partial charge >= 0.3 is 0 Å². The molecular weight excluding hydrogens is 915 g/mol. The van der Waals surface area contributed by atoms with Crippen LogP contribution in [0.2, 0.25) is 0 Å². The molecule has 3 heterocycles. The number of carbonyl (C=O) groups is 6. The van der Waals surface area contributed by atoms with Gasteiger partial charge in [-0.15, -0.1) is 11.8 Å². The van der Waals surface area contributed by atoms with Crippen LogP contribution >= 0.6 is 11.8 Å². The number of rotatable bonds is 31. The van der Waals surface area contributed by atoms with Crippen molar-refractivity contribution >= 4 is 47.2 Å². The summed E-state index contributed by atoms with van der Waals surface area (Å²) in [6, 6.07) is 12.8. The molecule has 0 radical (unpaired) electrons. The summed E-state index contributed by atoms with van der Waals surface area (Å²) in [6.45, 7) is 10.6. The van der Waals surface area contributed by atoms with Crippen molar-refractivity contribution in [1.29, 1.82) is 0 Å². The van der Waals surface area contributed by atoms with E-state index in [-0.39, 0.29) is 78.9 Å². The van der Waals surface area contributed by atoms with E-state index in [2.05, 4.69) is 36.7 Å². The van der Waals surface area contributed by atoms with Crippen LogP contribution in [0.25, 0.3) is 11.3 Å². The van der Waals surface area contributed by atoms with Gasteiger partial charge in [0.2, 0.25) is 23.6 Å². The molecule has 69 heavy (non-hydrogen) atoms. The Morgan fingerprint density at radius 3 is 2.03 bits per heavy atom. The Hall–Kier alpha value is -5.38.